The van der Waals surface area contributed by atoms with Crippen LogP contribution in [0.5, 0.6) is 0 Å². The Hall–Kier alpha value is -0.235. The van der Waals surface area contributed by atoms with Gasteiger partial charge in [0.2, 0.25) is 0 Å². The van der Waals surface area contributed by atoms with Gasteiger partial charge in [0.05, 0.1) is 0 Å². The molecule has 0 amide bonds. The van der Waals surface area contributed by atoms with Crippen LogP contribution in [0.15, 0.2) is 0 Å². The summed E-state index contributed by atoms with van der Waals surface area (Å²) >= 11 is 0. The molecule has 0 spiro atoms. The maximum atomic E-state index is 10.7. The Bertz CT molecular complexity index is 280. The first-order valence-electron chi connectivity index (χ1n) is 4.42. The van der Waals surface area contributed by atoms with E-state index in [9.17, 15) is 13.2 Å². The SMILES string of the molecule is C[C@@H]1[B][C@@H](C)CC1.O=S(=O)(O)C(F)(F)F. The average Bonchev–Trinajstić information content (AvgIpc) is 2.31. The van der Waals surface area contributed by atoms with Gasteiger partial charge in [-0.1, -0.05) is 38.3 Å². The zero-order chi connectivity index (χ0) is 12.3. The number of rotatable bonds is 0. The molecule has 1 N–H and O–H groups in total. The van der Waals surface area contributed by atoms with Crippen molar-refractivity contribution in [2.45, 2.75) is 43.8 Å². The van der Waals surface area contributed by atoms with E-state index in [2.05, 4.69) is 21.1 Å². The highest BCUT2D eigenvalue weighted by Crippen LogP contribution is 2.30. The largest absolute Gasteiger partial charge is 0.522 e. The Morgan fingerprint density at radius 3 is 1.53 bits per heavy atom. The van der Waals surface area contributed by atoms with Crippen LogP contribution in [0.2, 0.25) is 11.6 Å². The lowest BCUT2D eigenvalue weighted by Crippen LogP contribution is -2.21. The fourth-order valence-corrected chi connectivity index (χ4v) is 1.28. The van der Waals surface area contributed by atoms with Gasteiger partial charge >= 0.3 is 15.6 Å². The maximum absolute atomic E-state index is 10.7. The van der Waals surface area contributed by atoms with E-state index >= 15 is 0 Å². The van der Waals surface area contributed by atoms with Gasteiger partial charge < -0.3 is 0 Å². The van der Waals surface area contributed by atoms with E-state index in [4.69, 9.17) is 13.0 Å². The van der Waals surface area contributed by atoms with Crippen LogP contribution in [0.3, 0.4) is 0 Å². The van der Waals surface area contributed by atoms with Gasteiger partial charge in [-0.3, -0.25) is 4.55 Å². The van der Waals surface area contributed by atoms with Gasteiger partial charge in [0.1, 0.15) is 7.28 Å². The van der Waals surface area contributed by atoms with Crippen molar-refractivity contribution in [2.75, 3.05) is 0 Å². The van der Waals surface area contributed by atoms with Crippen molar-refractivity contribution in [2.24, 2.45) is 0 Å². The minimum Gasteiger partial charge on any atom is -0.279 e. The fourth-order valence-electron chi connectivity index (χ4n) is 1.28. The van der Waals surface area contributed by atoms with E-state index in [1.165, 1.54) is 12.8 Å². The summed E-state index contributed by atoms with van der Waals surface area (Å²) in [5.74, 6) is 1.80. The average molecular weight is 245 g/mol. The first-order chi connectivity index (χ1) is 6.54. The first-order valence-corrected chi connectivity index (χ1v) is 5.86. The summed E-state index contributed by atoms with van der Waals surface area (Å²) in [6, 6.07) is 0. The van der Waals surface area contributed by atoms with Crippen molar-refractivity contribution < 1.29 is 26.1 Å². The zero-order valence-corrected chi connectivity index (χ0v) is 9.27. The van der Waals surface area contributed by atoms with E-state index < -0.39 is 15.6 Å². The lowest BCUT2D eigenvalue weighted by molar-refractivity contribution is -0.0510. The fraction of sp³-hybridized carbons (Fsp3) is 1.00. The summed E-state index contributed by atoms with van der Waals surface area (Å²) < 4.78 is 57.5. The molecule has 1 saturated heterocycles. The first kappa shape index (κ1) is 14.8. The zero-order valence-electron chi connectivity index (χ0n) is 8.45. The van der Waals surface area contributed by atoms with Gasteiger partial charge in [0, 0.05) is 0 Å². The summed E-state index contributed by atoms with van der Waals surface area (Å²) in [5, 5.41) is 0. The van der Waals surface area contributed by atoms with Gasteiger partial charge in [-0.05, 0) is 0 Å². The van der Waals surface area contributed by atoms with E-state index in [-0.39, 0.29) is 0 Å². The molecule has 89 valence electrons. The minimum atomic E-state index is -5.84. The number of halogens is 3. The van der Waals surface area contributed by atoms with Gasteiger partial charge in [0.25, 0.3) is 0 Å². The second kappa shape index (κ2) is 5.20. The predicted octanol–water partition coefficient (Wildman–Crippen LogP) is 2.50. The van der Waals surface area contributed by atoms with Crippen LogP contribution in [0.4, 0.5) is 13.2 Å². The monoisotopic (exact) mass is 245 g/mol. The molecule has 0 aliphatic carbocycles. The second-order valence-electron chi connectivity index (χ2n) is 3.65. The minimum absolute atomic E-state index is 0.898. The van der Waals surface area contributed by atoms with Gasteiger partial charge in [-0.25, -0.2) is 0 Å². The number of hydrogen-bond donors (Lipinski definition) is 1. The normalized spacial score (nSPS) is 26.5. The van der Waals surface area contributed by atoms with Crippen LogP contribution >= 0.6 is 0 Å². The Morgan fingerprint density at radius 2 is 1.47 bits per heavy atom. The van der Waals surface area contributed by atoms with Crippen molar-refractivity contribution in [1.82, 2.24) is 0 Å². The lowest BCUT2D eigenvalue weighted by Gasteiger charge is -1.97. The third-order valence-electron chi connectivity index (χ3n) is 2.03. The number of alkyl halides is 3. The molecular formula is C7H13BF3O3S. The highest BCUT2D eigenvalue weighted by molar-refractivity contribution is 7.86. The van der Waals surface area contributed by atoms with Crippen LogP contribution < -0.4 is 0 Å². The third kappa shape index (κ3) is 6.04. The molecule has 0 aromatic carbocycles. The Kier molecular flexibility index (Phi) is 5.12. The van der Waals surface area contributed by atoms with Crippen LogP contribution in [-0.2, 0) is 10.1 Å². The van der Waals surface area contributed by atoms with Crippen LogP contribution in [0.1, 0.15) is 26.7 Å². The molecular weight excluding hydrogens is 232 g/mol. The second-order valence-corrected chi connectivity index (χ2v) is 5.06. The van der Waals surface area contributed by atoms with Crippen molar-refractivity contribution in [3.8, 4) is 0 Å². The molecule has 3 nitrogen and oxygen atoms in total. The molecule has 0 saturated carbocycles. The summed E-state index contributed by atoms with van der Waals surface area (Å²) in [4.78, 5) is 0. The van der Waals surface area contributed by atoms with Gasteiger partial charge in [0.15, 0.2) is 0 Å². The lowest BCUT2D eigenvalue weighted by atomic mass is 9.62. The third-order valence-corrected chi connectivity index (χ3v) is 2.61. The molecule has 0 unspecified atom stereocenters. The molecule has 1 aliphatic rings. The van der Waals surface area contributed by atoms with Crippen molar-refractivity contribution in [1.29, 1.82) is 0 Å². The molecule has 1 aliphatic heterocycles. The molecule has 15 heavy (non-hydrogen) atoms. The standard InChI is InChI=1S/C6H12B.CHF3O3S/c1-5-3-4-6(2)7-5;2-1(3,4)8(5,6)7/h5-6H,3-4H2,1-2H3;(H,5,6,7)/t5-,6-;/m0./s1. The molecule has 0 bridgehead atoms. The highest BCUT2D eigenvalue weighted by Gasteiger charge is 2.44. The maximum Gasteiger partial charge on any atom is 0.522 e. The van der Waals surface area contributed by atoms with Gasteiger partial charge in [-0.2, -0.15) is 21.6 Å². The summed E-state index contributed by atoms with van der Waals surface area (Å²) in [6.07, 6.45) is 2.84. The molecule has 2 atom stereocenters. The van der Waals surface area contributed by atoms with Crippen molar-refractivity contribution in [3.05, 3.63) is 0 Å². The van der Waals surface area contributed by atoms with E-state index in [1.807, 2.05) is 0 Å². The Labute approximate surface area is 88.0 Å². The van der Waals surface area contributed by atoms with E-state index in [1.54, 1.807) is 0 Å². The topological polar surface area (TPSA) is 54.4 Å². The molecule has 1 heterocycles. The smallest absolute Gasteiger partial charge is 0.279 e. The summed E-state index contributed by atoms with van der Waals surface area (Å²) in [7, 11) is -3.40. The Balaban J connectivity index is 0.000000262. The summed E-state index contributed by atoms with van der Waals surface area (Å²) in [6.45, 7) is 4.59. The van der Waals surface area contributed by atoms with Crippen LogP contribution in [0, 0.1) is 0 Å². The molecule has 0 aromatic rings. The van der Waals surface area contributed by atoms with Crippen molar-refractivity contribution >= 4 is 17.4 Å². The van der Waals surface area contributed by atoms with Crippen LogP contribution in [-0.4, -0.2) is 25.8 Å². The quantitative estimate of drug-likeness (QED) is 0.405. The number of hydrogen-bond acceptors (Lipinski definition) is 2. The molecule has 0 aromatic heterocycles. The van der Waals surface area contributed by atoms with E-state index in [0.29, 0.717) is 0 Å². The Morgan fingerprint density at radius 1 is 1.20 bits per heavy atom. The summed E-state index contributed by atoms with van der Waals surface area (Å²) in [5.41, 5.74) is -5.53. The predicted molar refractivity (Wildman–Crippen MR) is 51.4 cm³/mol. The van der Waals surface area contributed by atoms with E-state index in [0.717, 1.165) is 11.6 Å². The van der Waals surface area contributed by atoms with Crippen LogP contribution in [0.25, 0.3) is 0 Å². The van der Waals surface area contributed by atoms with Crippen molar-refractivity contribution in [3.63, 3.8) is 0 Å². The van der Waals surface area contributed by atoms with Gasteiger partial charge in [-0.15, -0.1) is 0 Å². The molecule has 8 heteroatoms. The molecule has 1 radical (unpaired) electrons. The highest BCUT2D eigenvalue weighted by atomic mass is 32.2. The molecule has 1 fully saturated rings. The molecule has 1 rings (SSSR count).